The van der Waals surface area contributed by atoms with E-state index in [-0.39, 0.29) is 5.91 Å². The summed E-state index contributed by atoms with van der Waals surface area (Å²) in [4.78, 5) is 20.0. The van der Waals surface area contributed by atoms with E-state index in [0.717, 1.165) is 16.9 Å². The first-order chi connectivity index (χ1) is 12.6. The topological polar surface area (TPSA) is 87.6 Å². The summed E-state index contributed by atoms with van der Waals surface area (Å²) >= 11 is 0. The summed E-state index contributed by atoms with van der Waals surface area (Å²) in [5, 5.41) is 9.23. The second-order valence-corrected chi connectivity index (χ2v) is 5.67. The molecule has 0 aliphatic heterocycles. The molecule has 1 amide bonds. The zero-order valence-corrected chi connectivity index (χ0v) is 15.4. The van der Waals surface area contributed by atoms with Crippen molar-refractivity contribution >= 4 is 11.9 Å². The fraction of sp³-hybridized carbons (Fsp3) is 0.316. The van der Waals surface area contributed by atoms with Crippen molar-refractivity contribution in [1.82, 2.24) is 20.9 Å². The lowest BCUT2D eigenvalue weighted by Gasteiger charge is -2.14. The van der Waals surface area contributed by atoms with Gasteiger partial charge in [0.2, 0.25) is 0 Å². The number of aryl methyl sites for hydroxylation is 1. The Bertz CT molecular complexity index is 747. The molecule has 3 N–H and O–H groups in total. The number of methoxy groups -OCH3 is 1. The number of ether oxygens (including phenoxy) is 1. The molecule has 7 nitrogen and oxygen atoms in total. The van der Waals surface area contributed by atoms with E-state index in [1.54, 1.807) is 32.5 Å². The van der Waals surface area contributed by atoms with Crippen LogP contribution in [0.5, 0.6) is 5.75 Å². The maximum Gasteiger partial charge on any atom is 0.252 e. The van der Waals surface area contributed by atoms with Gasteiger partial charge in [0.15, 0.2) is 5.96 Å². The quantitative estimate of drug-likeness (QED) is 0.398. The largest absolute Gasteiger partial charge is 0.496 e. The highest BCUT2D eigenvalue weighted by Gasteiger charge is 2.06. The maximum atomic E-state index is 11.9. The molecule has 2 aromatic rings. The van der Waals surface area contributed by atoms with Gasteiger partial charge in [0, 0.05) is 44.6 Å². The predicted molar refractivity (Wildman–Crippen MR) is 103 cm³/mol. The molecule has 0 unspecified atom stereocenters. The third-order valence-electron chi connectivity index (χ3n) is 3.74. The Morgan fingerprint density at radius 2 is 2.00 bits per heavy atom. The zero-order valence-electron chi connectivity index (χ0n) is 15.4. The Kier molecular flexibility index (Phi) is 7.42. The molecule has 1 heterocycles. The van der Waals surface area contributed by atoms with E-state index in [0.29, 0.717) is 31.2 Å². The number of carbonyl (C=O) groups is 1. The van der Waals surface area contributed by atoms with Gasteiger partial charge in [-0.05, 0) is 30.7 Å². The van der Waals surface area contributed by atoms with E-state index in [2.05, 4.69) is 25.9 Å². The third-order valence-corrected chi connectivity index (χ3v) is 3.74. The first kappa shape index (κ1) is 19.2. The molecule has 1 aromatic heterocycles. The van der Waals surface area contributed by atoms with Crippen molar-refractivity contribution in [3.8, 4) is 5.75 Å². The Morgan fingerprint density at radius 3 is 2.69 bits per heavy atom. The first-order valence-corrected chi connectivity index (χ1v) is 8.40. The fourth-order valence-electron chi connectivity index (χ4n) is 2.35. The Balaban J connectivity index is 1.75. The highest BCUT2D eigenvalue weighted by atomic mass is 16.5. The summed E-state index contributed by atoms with van der Waals surface area (Å²) < 4.78 is 5.41. The summed E-state index contributed by atoms with van der Waals surface area (Å²) in [6.07, 6.45) is 3.18. The van der Waals surface area contributed by atoms with Crippen LogP contribution in [0.25, 0.3) is 0 Å². The van der Waals surface area contributed by atoms with Gasteiger partial charge in [-0.1, -0.05) is 12.1 Å². The molecule has 0 bridgehead atoms. The van der Waals surface area contributed by atoms with E-state index < -0.39 is 0 Å². The van der Waals surface area contributed by atoms with Crippen LogP contribution in [0, 0.1) is 6.92 Å². The summed E-state index contributed by atoms with van der Waals surface area (Å²) in [7, 11) is 3.37. The second kappa shape index (κ2) is 10.0. The van der Waals surface area contributed by atoms with Gasteiger partial charge in [-0.15, -0.1) is 0 Å². The highest BCUT2D eigenvalue weighted by molar-refractivity contribution is 5.93. The Hall–Kier alpha value is -3.09. The minimum absolute atomic E-state index is 0.146. The number of aromatic nitrogens is 1. The molecule has 0 fully saturated rings. The molecular weight excluding hydrogens is 330 g/mol. The third kappa shape index (κ3) is 5.77. The number of carbonyl (C=O) groups excluding carboxylic acids is 1. The molecular formula is C19H25N5O2. The number of aliphatic imine (C=N–C) groups is 1. The lowest BCUT2D eigenvalue weighted by molar-refractivity contribution is 0.0954. The number of amides is 1. The molecule has 0 saturated heterocycles. The maximum absolute atomic E-state index is 11.9. The molecule has 138 valence electrons. The predicted octanol–water partition coefficient (Wildman–Crippen LogP) is 1.49. The zero-order chi connectivity index (χ0) is 18.8. The second-order valence-electron chi connectivity index (χ2n) is 5.67. The van der Waals surface area contributed by atoms with Gasteiger partial charge in [0.05, 0.1) is 12.7 Å². The van der Waals surface area contributed by atoms with Gasteiger partial charge in [0.1, 0.15) is 5.75 Å². The first-order valence-electron chi connectivity index (χ1n) is 8.40. The van der Waals surface area contributed by atoms with Crippen LogP contribution in [0.15, 0.2) is 47.7 Å². The molecule has 0 radical (unpaired) electrons. The lowest BCUT2D eigenvalue weighted by Crippen LogP contribution is -2.41. The monoisotopic (exact) mass is 355 g/mol. The minimum Gasteiger partial charge on any atom is -0.496 e. The number of guanidine groups is 1. The molecule has 0 aliphatic carbocycles. The number of benzene rings is 1. The van der Waals surface area contributed by atoms with Crippen molar-refractivity contribution in [2.75, 3.05) is 27.2 Å². The summed E-state index contributed by atoms with van der Waals surface area (Å²) in [5.74, 6) is 1.35. The van der Waals surface area contributed by atoms with E-state index in [9.17, 15) is 4.79 Å². The Morgan fingerprint density at radius 1 is 1.19 bits per heavy atom. The molecule has 7 heteroatoms. The van der Waals surface area contributed by atoms with E-state index >= 15 is 0 Å². The van der Waals surface area contributed by atoms with Crippen LogP contribution in [0.2, 0.25) is 0 Å². The number of hydrogen-bond donors (Lipinski definition) is 3. The van der Waals surface area contributed by atoms with Crippen LogP contribution in [-0.2, 0) is 6.54 Å². The fourth-order valence-corrected chi connectivity index (χ4v) is 2.35. The SMILES string of the molecule is CN=C(NCCNC(=O)c1cccnc1)NCc1ccc(C)cc1OC. The number of hydrogen-bond acceptors (Lipinski definition) is 4. The van der Waals surface area contributed by atoms with Crippen LogP contribution in [0.4, 0.5) is 0 Å². The van der Waals surface area contributed by atoms with Crippen molar-refractivity contribution in [2.24, 2.45) is 4.99 Å². The van der Waals surface area contributed by atoms with Gasteiger partial charge in [-0.3, -0.25) is 14.8 Å². The van der Waals surface area contributed by atoms with Crippen molar-refractivity contribution in [3.63, 3.8) is 0 Å². The van der Waals surface area contributed by atoms with Gasteiger partial charge < -0.3 is 20.7 Å². The molecule has 0 spiro atoms. The molecule has 0 atom stereocenters. The summed E-state index contributed by atoms with van der Waals surface area (Å²) in [5.41, 5.74) is 2.74. The number of pyridine rings is 1. The van der Waals surface area contributed by atoms with Crippen LogP contribution in [0.1, 0.15) is 21.5 Å². The number of rotatable bonds is 7. The normalized spacial score (nSPS) is 11.0. The standard InChI is InChI=1S/C19H25N5O2/c1-14-6-7-15(17(11-14)26-3)13-24-19(20-2)23-10-9-22-18(25)16-5-4-8-21-12-16/h4-8,11-12H,9-10,13H2,1-3H3,(H,22,25)(H2,20,23,24). The van der Waals surface area contributed by atoms with Gasteiger partial charge in [0.25, 0.3) is 5.91 Å². The van der Waals surface area contributed by atoms with Crippen LogP contribution >= 0.6 is 0 Å². The molecule has 0 aliphatic rings. The van der Waals surface area contributed by atoms with Crippen LogP contribution < -0.4 is 20.7 Å². The van der Waals surface area contributed by atoms with Gasteiger partial charge in [-0.2, -0.15) is 0 Å². The Labute approximate surface area is 153 Å². The molecule has 26 heavy (non-hydrogen) atoms. The van der Waals surface area contributed by atoms with Crippen LogP contribution in [0.3, 0.4) is 0 Å². The van der Waals surface area contributed by atoms with E-state index in [1.807, 2.05) is 25.1 Å². The number of nitrogens with one attached hydrogen (secondary N) is 3. The van der Waals surface area contributed by atoms with Gasteiger partial charge >= 0.3 is 0 Å². The summed E-state index contributed by atoms with van der Waals surface area (Å²) in [6.45, 7) is 3.64. The summed E-state index contributed by atoms with van der Waals surface area (Å²) in [6, 6.07) is 9.54. The van der Waals surface area contributed by atoms with Crippen molar-refractivity contribution < 1.29 is 9.53 Å². The average Bonchev–Trinajstić information content (AvgIpc) is 2.68. The van der Waals surface area contributed by atoms with Gasteiger partial charge in [-0.25, -0.2) is 0 Å². The van der Waals surface area contributed by atoms with E-state index in [1.165, 1.54) is 6.20 Å². The van der Waals surface area contributed by atoms with Crippen molar-refractivity contribution in [1.29, 1.82) is 0 Å². The minimum atomic E-state index is -0.146. The lowest BCUT2D eigenvalue weighted by atomic mass is 10.1. The molecule has 0 saturated carbocycles. The highest BCUT2D eigenvalue weighted by Crippen LogP contribution is 2.19. The van der Waals surface area contributed by atoms with E-state index in [4.69, 9.17) is 4.74 Å². The van der Waals surface area contributed by atoms with Crippen LogP contribution in [-0.4, -0.2) is 44.1 Å². The average molecular weight is 355 g/mol. The van der Waals surface area contributed by atoms with Crippen molar-refractivity contribution in [2.45, 2.75) is 13.5 Å². The smallest absolute Gasteiger partial charge is 0.252 e. The number of nitrogens with zero attached hydrogens (tertiary/aromatic N) is 2. The molecule has 1 aromatic carbocycles. The van der Waals surface area contributed by atoms with Crippen molar-refractivity contribution in [3.05, 3.63) is 59.4 Å². The molecule has 2 rings (SSSR count).